The fourth-order valence-corrected chi connectivity index (χ4v) is 1.90. The summed E-state index contributed by atoms with van der Waals surface area (Å²) in [5, 5.41) is 9.96. The number of aromatic amines is 1. The Morgan fingerprint density at radius 2 is 1.88 bits per heavy atom. The van der Waals surface area contributed by atoms with Gasteiger partial charge in [-0.2, -0.15) is 0 Å². The monoisotopic (exact) mass is 246 g/mol. The zero-order valence-corrected chi connectivity index (χ0v) is 10.9. The number of nitrogens with one attached hydrogen (secondary N) is 1. The lowest BCUT2D eigenvalue weighted by atomic mass is 10.2. The molecule has 0 spiro atoms. The van der Waals surface area contributed by atoms with Crippen LogP contribution in [0, 0.1) is 0 Å². The molecule has 1 aromatic carbocycles. The number of aromatic nitrogens is 4. The van der Waals surface area contributed by atoms with Crippen molar-refractivity contribution < 1.29 is 0 Å². The third-order valence-electron chi connectivity index (χ3n) is 2.29. The van der Waals surface area contributed by atoms with E-state index >= 15 is 0 Å². The van der Waals surface area contributed by atoms with E-state index < -0.39 is 0 Å². The van der Waals surface area contributed by atoms with E-state index in [4.69, 9.17) is 0 Å². The molecule has 0 atom stereocenters. The van der Waals surface area contributed by atoms with Crippen LogP contribution in [0.3, 0.4) is 0 Å². The molecule has 0 saturated heterocycles. The van der Waals surface area contributed by atoms with Crippen molar-refractivity contribution in [2.24, 2.45) is 0 Å². The maximum atomic E-state index is 4.36. The van der Waals surface area contributed by atoms with Gasteiger partial charge in [0, 0.05) is 10.9 Å². The first-order valence-electron chi connectivity index (χ1n) is 5.53. The topological polar surface area (TPSA) is 54.5 Å². The van der Waals surface area contributed by atoms with Gasteiger partial charge in [-0.1, -0.05) is 43.8 Å². The predicted molar refractivity (Wildman–Crippen MR) is 72.3 cm³/mol. The molecule has 0 amide bonds. The highest BCUT2D eigenvalue weighted by Crippen LogP contribution is 2.22. The number of fused-ring (bicyclic) bond motifs is 3. The van der Waals surface area contributed by atoms with Gasteiger partial charge in [-0.3, -0.25) is 0 Å². The Morgan fingerprint density at radius 1 is 1.12 bits per heavy atom. The number of nitrogens with zero attached hydrogens (tertiary/aromatic N) is 3. The summed E-state index contributed by atoms with van der Waals surface area (Å²) >= 11 is 1.49. The molecule has 2 heterocycles. The number of para-hydroxylation sites is 1. The van der Waals surface area contributed by atoms with Crippen molar-refractivity contribution in [2.45, 2.75) is 19.0 Å². The lowest BCUT2D eigenvalue weighted by Crippen LogP contribution is -1.89. The zero-order chi connectivity index (χ0) is 12.3. The minimum Gasteiger partial charge on any atom is -0.338 e. The van der Waals surface area contributed by atoms with Gasteiger partial charge >= 0.3 is 0 Å². The van der Waals surface area contributed by atoms with Crippen LogP contribution >= 0.6 is 11.8 Å². The summed E-state index contributed by atoms with van der Waals surface area (Å²) < 4.78 is 0. The fraction of sp³-hybridized carbons (Fsp3) is 0.250. The molecular formula is C12H14N4S. The summed E-state index contributed by atoms with van der Waals surface area (Å²) in [5.74, 6) is 0. The molecule has 0 saturated carbocycles. The highest BCUT2D eigenvalue weighted by molar-refractivity contribution is 7.98. The lowest BCUT2D eigenvalue weighted by Gasteiger charge is -1.91. The molecule has 0 aliphatic carbocycles. The second kappa shape index (κ2) is 5.14. The van der Waals surface area contributed by atoms with Crippen molar-refractivity contribution in [1.29, 1.82) is 0 Å². The third-order valence-corrected chi connectivity index (χ3v) is 2.82. The van der Waals surface area contributed by atoms with Crippen LogP contribution in [0.1, 0.15) is 13.8 Å². The first-order chi connectivity index (χ1) is 8.38. The molecule has 2 aromatic heterocycles. The largest absolute Gasteiger partial charge is 0.338 e. The van der Waals surface area contributed by atoms with E-state index in [1.807, 2.05) is 44.4 Å². The highest BCUT2D eigenvalue weighted by Gasteiger charge is 2.07. The van der Waals surface area contributed by atoms with Gasteiger partial charge in [-0.15, -0.1) is 10.2 Å². The van der Waals surface area contributed by atoms with Crippen molar-refractivity contribution in [1.82, 2.24) is 20.2 Å². The number of hydrogen-bond acceptors (Lipinski definition) is 4. The Kier molecular flexibility index (Phi) is 3.58. The van der Waals surface area contributed by atoms with Crippen LogP contribution in [0.4, 0.5) is 0 Å². The first kappa shape index (κ1) is 11.9. The van der Waals surface area contributed by atoms with Crippen LogP contribution in [-0.4, -0.2) is 26.4 Å². The predicted octanol–water partition coefficient (Wildman–Crippen LogP) is 3.25. The van der Waals surface area contributed by atoms with Crippen molar-refractivity contribution >= 4 is 33.8 Å². The van der Waals surface area contributed by atoms with Gasteiger partial charge in [0.2, 0.25) is 5.16 Å². The molecule has 17 heavy (non-hydrogen) atoms. The standard InChI is InChI=1S/C10H8N4S.C2H6/c1-15-10-12-9-8(13-14-10)6-4-2-3-5-7(6)11-9;1-2/h2-5H,1H3,(H,11,12,14);1-2H3. The fourth-order valence-electron chi connectivity index (χ4n) is 1.59. The second-order valence-corrected chi connectivity index (χ2v) is 3.94. The Bertz CT molecular complexity index is 633. The Labute approximate surface area is 104 Å². The maximum Gasteiger partial charge on any atom is 0.210 e. The normalized spacial score (nSPS) is 10.3. The van der Waals surface area contributed by atoms with E-state index in [1.165, 1.54) is 11.8 Å². The van der Waals surface area contributed by atoms with Crippen molar-refractivity contribution in [2.75, 3.05) is 6.26 Å². The highest BCUT2D eigenvalue weighted by atomic mass is 32.2. The van der Waals surface area contributed by atoms with E-state index in [0.717, 1.165) is 22.1 Å². The average Bonchev–Trinajstić information content (AvgIpc) is 2.78. The van der Waals surface area contributed by atoms with Crippen LogP contribution in [0.2, 0.25) is 0 Å². The number of hydrogen-bond donors (Lipinski definition) is 1. The number of H-pyrrole nitrogens is 1. The lowest BCUT2D eigenvalue weighted by molar-refractivity contribution is 0.880. The van der Waals surface area contributed by atoms with Crippen LogP contribution in [0.25, 0.3) is 22.1 Å². The molecule has 4 nitrogen and oxygen atoms in total. The number of benzene rings is 1. The minimum atomic E-state index is 0.689. The van der Waals surface area contributed by atoms with Gasteiger partial charge in [-0.05, 0) is 12.3 Å². The molecule has 0 radical (unpaired) electrons. The minimum absolute atomic E-state index is 0.689. The molecule has 0 bridgehead atoms. The summed E-state index contributed by atoms with van der Waals surface area (Å²) in [6.45, 7) is 4.00. The molecule has 3 rings (SSSR count). The third kappa shape index (κ3) is 2.10. The number of thioether (sulfide) groups is 1. The van der Waals surface area contributed by atoms with Gasteiger partial charge in [0.15, 0.2) is 5.65 Å². The summed E-state index contributed by atoms with van der Waals surface area (Å²) in [6.07, 6.45) is 1.94. The van der Waals surface area contributed by atoms with Gasteiger partial charge in [0.25, 0.3) is 0 Å². The molecule has 5 heteroatoms. The van der Waals surface area contributed by atoms with E-state index in [1.54, 1.807) is 0 Å². The van der Waals surface area contributed by atoms with Crippen LogP contribution in [0.5, 0.6) is 0 Å². The smallest absolute Gasteiger partial charge is 0.210 e. The summed E-state index contributed by atoms with van der Waals surface area (Å²) in [5.41, 5.74) is 2.69. The van der Waals surface area contributed by atoms with E-state index in [9.17, 15) is 0 Å². The zero-order valence-electron chi connectivity index (χ0n) is 10.1. The van der Waals surface area contributed by atoms with Gasteiger partial charge in [-0.25, -0.2) is 4.98 Å². The SMILES string of the molecule is CC.CSc1nnc2c(n1)[nH]c1ccccc12. The van der Waals surface area contributed by atoms with Gasteiger partial charge in [0.05, 0.1) is 0 Å². The van der Waals surface area contributed by atoms with Crippen LogP contribution < -0.4 is 0 Å². The van der Waals surface area contributed by atoms with E-state index in [0.29, 0.717) is 5.16 Å². The van der Waals surface area contributed by atoms with Crippen molar-refractivity contribution in [3.63, 3.8) is 0 Å². The van der Waals surface area contributed by atoms with Gasteiger partial charge < -0.3 is 4.98 Å². The molecular weight excluding hydrogens is 232 g/mol. The molecule has 88 valence electrons. The molecule has 1 N–H and O–H groups in total. The Morgan fingerprint density at radius 3 is 2.65 bits per heavy atom. The average molecular weight is 246 g/mol. The summed E-state index contributed by atoms with van der Waals surface area (Å²) in [7, 11) is 0. The molecule has 0 aliphatic heterocycles. The van der Waals surface area contributed by atoms with Crippen LogP contribution in [-0.2, 0) is 0 Å². The Balaban J connectivity index is 0.000000514. The maximum absolute atomic E-state index is 4.36. The van der Waals surface area contributed by atoms with Crippen LogP contribution in [0.15, 0.2) is 29.4 Å². The number of rotatable bonds is 1. The van der Waals surface area contributed by atoms with Crippen molar-refractivity contribution in [3.8, 4) is 0 Å². The van der Waals surface area contributed by atoms with Crippen molar-refractivity contribution in [3.05, 3.63) is 24.3 Å². The molecule has 0 fully saturated rings. The first-order valence-corrected chi connectivity index (χ1v) is 6.76. The molecule has 0 aliphatic rings. The van der Waals surface area contributed by atoms with E-state index in [2.05, 4.69) is 20.2 Å². The van der Waals surface area contributed by atoms with E-state index in [-0.39, 0.29) is 0 Å². The molecule has 0 unspecified atom stereocenters. The molecule has 3 aromatic rings. The quantitative estimate of drug-likeness (QED) is 0.670. The Hall–Kier alpha value is -1.62. The second-order valence-electron chi connectivity index (χ2n) is 3.17. The summed E-state index contributed by atoms with van der Waals surface area (Å²) in [6, 6.07) is 8.00. The van der Waals surface area contributed by atoms with Gasteiger partial charge in [0.1, 0.15) is 5.52 Å². The summed E-state index contributed by atoms with van der Waals surface area (Å²) in [4.78, 5) is 7.59.